The summed E-state index contributed by atoms with van der Waals surface area (Å²) in [5, 5.41) is 7.02. The van der Waals surface area contributed by atoms with Crippen LogP contribution in [0.1, 0.15) is 4.88 Å². The van der Waals surface area contributed by atoms with Gasteiger partial charge in [0.2, 0.25) is 11.8 Å². The summed E-state index contributed by atoms with van der Waals surface area (Å²) < 4.78 is 0.998. The van der Waals surface area contributed by atoms with Crippen molar-refractivity contribution in [3.05, 3.63) is 20.8 Å². The quantitative estimate of drug-likeness (QED) is 0.727. The summed E-state index contributed by atoms with van der Waals surface area (Å²) >= 11 is 4.88. The average molecular weight is 306 g/mol. The number of amides is 2. The van der Waals surface area contributed by atoms with Crippen LogP contribution in [0.25, 0.3) is 0 Å². The summed E-state index contributed by atoms with van der Waals surface area (Å²) in [5.74, 6) is -0.569. The Bertz CT molecular complexity index is 381. The van der Waals surface area contributed by atoms with Gasteiger partial charge < -0.3 is 16.4 Å². The highest BCUT2D eigenvalue weighted by molar-refractivity contribution is 9.10. The number of hydrogen-bond acceptors (Lipinski definition) is 4. The molecular formula is C9H12BrN3O2S. The second-order valence-electron chi connectivity index (χ2n) is 2.99. The van der Waals surface area contributed by atoms with Crippen LogP contribution in [0, 0.1) is 0 Å². The van der Waals surface area contributed by atoms with Crippen LogP contribution in [0.15, 0.2) is 15.9 Å². The highest BCUT2D eigenvalue weighted by atomic mass is 79.9. The lowest BCUT2D eigenvalue weighted by molar-refractivity contribution is -0.125. The molecule has 1 aromatic rings. The Hall–Kier alpha value is -0.920. The number of nitrogens with one attached hydrogen (secondary N) is 2. The molecule has 0 aromatic carbocycles. The molecule has 88 valence electrons. The number of carbonyl (C=O) groups excluding carboxylic acids is 2. The first-order valence-corrected chi connectivity index (χ1v) is 6.25. The molecule has 0 bridgehead atoms. The molecular weight excluding hydrogens is 294 g/mol. The average Bonchev–Trinajstić information content (AvgIpc) is 2.69. The zero-order valence-electron chi connectivity index (χ0n) is 8.46. The van der Waals surface area contributed by atoms with Crippen molar-refractivity contribution in [2.45, 2.75) is 6.54 Å². The second kappa shape index (κ2) is 6.62. The fourth-order valence-corrected chi connectivity index (χ4v) is 2.34. The number of carbonyl (C=O) groups is 2. The van der Waals surface area contributed by atoms with Crippen molar-refractivity contribution in [1.29, 1.82) is 0 Å². The van der Waals surface area contributed by atoms with Gasteiger partial charge >= 0.3 is 0 Å². The van der Waals surface area contributed by atoms with Gasteiger partial charge in [0.1, 0.15) is 0 Å². The Balaban J connectivity index is 2.22. The molecule has 0 aliphatic carbocycles. The number of halogens is 1. The lowest BCUT2D eigenvalue weighted by atomic mass is 10.4. The monoisotopic (exact) mass is 305 g/mol. The van der Waals surface area contributed by atoms with Crippen LogP contribution < -0.4 is 16.4 Å². The third kappa shape index (κ3) is 4.73. The van der Waals surface area contributed by atoms with Gasteiger partial charge in [-0.3, -0.25) is 9.59 Å². The Morgan fingerprint density at radius 1 is 1.38 bits per heavy atom. The SMILES string of the molecule is NCC(=O)NCC(=O)NCc1cc(Br)cs1. The van der Waals surface area contributed by atoms with Crippen molar-refractivity contribution >= 4 is 39.1 Å². The van der Waals surface area contributed by atoms with Crippen molar-refractivity contribution in [3.8, 4) is 0 Å². The van der Waals surface area contributed by atoms with Crippen LogP contribution >= 0.6 is 27.3 Å². The van der Waals surface area contributed by atoms with Crippen LogP contribution in [-0.4, -0.2) is 24.9 Å². The molecule has 0 unspecified atom stereocenters. The van der Waals surface area contributed by atoms with Crippen LogP contribution in [0.3, 0.4) is 0 Å². The highest BCUT2D eigenvalue weighted by Crippen LogP contribution is 2.19. The molecule has 1 rings (SSSR count). The van der Waals surface area contributed by atoms with E-state index in [0.29, 0.717) is 6.54 Å². The van der Waals surface area contributed by atoms with Gasteiger partial charge in [-0.05, 0) is 22.0 Å². The summed E-state index contributed by atoms with van der Waals surface area (Å²) in [5.41, 5.74) is 5.08. The van der Waals surface area contributed by atoms with E-state index in [1.54, 1.807) is 11.3 Å². The van der Waals surface area contributed by atoms with E-state index in [1.165, 1.54) is 0 Å². The summed E-state index contributed by atoms with van der Waals surface area (Å²) in [4.78, 5) is 23.1. The second-order valence-corrected chi connectivity index (χ2v) is 4.90. The van der Waals surface area contributed by atoms with E-state index in [-0.39, 0.29) is 24.9 Å². The first-order valence-electron chi connectivity index (χ1n) is 4.58. The minimum atomic E-state index is -0.339. The van der Waals surface area contributed by atoms with Crippen LogP contribution in [0.5, 0.6) is 0 Å². The Morgan fingerprint density at radius 2 is 2.12 bits per heavy atom. The number of nitrogens with two attached hydrogens (primary N) is 1. The van der Waals surface area contributed by atoms with Crippen molar-refractivity contribution in [1.82, 2.24) is 10.6 Å². The van der Waals surface area contributed by atoms with E-state index in [4.69, 9.17) is 5.73 Å². The largest absolute Gasteiger partial charge is 0.350 e. The standard InChI is InChI=1S/C9H12BrN3O2S/c10-6-1-7(16-5-6)3-12-9(15)4-13-8(14)2-11/h1,5H,2-4,11H2,(H,12,15)(H,13,14). The molecule has 0 aliphatic rings. The number of rotatable bonds is 5. The summed E-state index contributed by atoms with van der Waals surface area (Å²) in [6, 6.07) is 1.93. The van der Waals surface area contributed by atoms with E-state index in [2.05, 4.69) is 26.6 Å². The molecule has 1 aromatic heterocycles. The molecule has 7 heteroatoms. The van der Waals surface area contributed by atoms with Crippen LogP contribution in [0.2, 0.25) is 0 Å². The van der Waals surface area contributed by atoms with Crippen molar-refractivity contribution < 1.29 is 9.59 Å². The molecule has 16 heavy (non-hydrogen) atoms. The van der Waals surface area contributed by atoms with E-state index < -0.39 is 0 Å². The third-order valence-corrected chi connectivity index (χ3v) is 3.41. The smallest absolute Gasteiger partial charge is 0.239 e. The van der Waals surface area contributed by atoms with Gasteiger partial charge in [-0.1, -0.05) is 0 Å². The normalized spacial score (nSPS) is 9.88. The first kappa shape index (κ1) is 13.1. The van der Waals surface area contributed by atoms with E-state index in [1.807, 2.05) is 11.4 Å². The van der Waals surface area contributed by atoms with Gasteiger partial charge in [0.25, 0.3) is 0 Å². The molecule has 0 aliphatic heterocycles. The lowest BCUT2D eigenvalue weighted by Gasteiger charge is -2.04. The van der Waals surface area contributed by atoms with E-state index in [9.17, 15) is 9.59 Å². The Labute approximate surface area is 106 Å². The summed E-state index contributed by atoms with van der Waals surface area (Å²) in [6.45, 7) is 0.321. The van der Waals surface area contributed by atoms with Gasteiger partial charge in [0.05, 0.1) is 19.6 Å². The molecule has 0 atom stereocenters. The molecule has 0 spiro atoms. The minimum Gasteiger partial charge on any atom is -0.350 e. The molecule has 0 saturated carbocycles. The fraction of sp³-hybridized carbons (Fsp3) is 0.333. The van der Waals surface area contributed by atoms with E-state index in [0.717, 1.165) is 9.35 Å². The number of thiophene rings is 1. The predicted octanol–water partition coefficient (Wildman–Crippen LogP) is 0.202. The maximum absolute atomic E-state index is 11.3. The molecule has 4 N–H and O–H groups in total. The lowest BCUT2D eigenvalue weighted by Crippen LogP contribution is -2.39. The fourth-order valence-electron chi connectivity index (χ4n) is 0.946. The van der Waals surface area contributed by atoms with Crippen molar-refractivity contribution in [3.63, 3.8) is 0 Å². The van der Waals surface area contributed by atoms with Crippen molar-refractivity contribution in [2.24, 2.45) is 5.73 Å². The minimum absolute atomic E-state index is 0.0391. The highest BCUT2D eigenvalue weighted by Gasteiger charge is 2.04. The maximum Gasteiger partial charge on any atom is 0.239 e. The molecule has 5 nitrogen and oxygen atoms in total. The van der Waals surface area contributed by atoms with E-state index >= 15 is 0 Å². The molecule has 0 fully saturated rings. The Kier molecular flexibility index (Phi) is 5.44. The molecule has 1 heterocycles. The van der Waals surface area contributed by atoms with Crippen LogP contribution in [0.4, 0.5) is 0 Å². The van der Waals surface area contributed by atoms with Gasteiger partial charge in [0.15, 0.2) is 0 Å². The molecule has 0 saturated heterocycles. The van der Waals surface area contributed by atoms with Gasteiger partial charge in [0, 0.05) is 14.7 Å². The Morgan fingerprint density at radius 3 is 2.69 bits per heavy atom. The first-order chi connectivity index (χ1) is 7.61. The van der Waals surface area contributed by atoms with Gasteiger partial charge in [-0.25, -0.2) is 0 Å². The van der Waals surface area contributed by atoms with Crippen molar-refractivity contribution in [2.75, 3.05) is 13.1 Å². The zero-order chi connectivity index (χ0) is 12.0. The molecule has 0 radical (unpaired) electrons. The summed E-state index contributed by atoms with van der Waals surface area (Å²) in [7, 11) is 0. The summed E-state index contributed by atoms with van der Waals surface area (Å²) in [6.07, 6.45) is 0. The van der Waals surface area contributed by atoms with Gasteiger partial charge in [-0.15, -0.1) is 11.3 Å². The van der Waals surface area contributed by atoms with Crippen LogP contribution in [-0.2, 0) is 16.1 Å². The van der Waals surface area contributed by atoms with Gasteiger partial charge in [-0.2, -0.15) is 0 Å². The topological polar surface area (TPSA) is 84.2 Å². The maximum atomic E-state index is 11.3. The molecule has 2 amide bonds. The third-order valence-electron chi connectivity index (χ3n) is 1.71. The predicted molar refractivity (Wildman–Crippen MR) is 65.9 cm³/mol. The number of hydrogen-bond donors (Lipinski definition) is 3. The zero-order valence-corrected chi connectivity index (χ0v) is 10.9.